The van der Waals surface area contributed by atoms with Gasteiger partial charge in [-0.3, -0.25) is 14.4 Å². The molecule has 3 aromatic rings. The van der Waals surface area contributed by atoms with Crippen LogP contribution >= 0.6 is 0 Å². The minimum Gasteiger partial charge on any atom is -0.497 e. The maximum absolute atomic E-state index is 14.6. The van der Waals surface area contributed by atoms with Crippen LogP contribution in [0.4, 0.5) is 0 Å². The zero-order chi connectivity index (χ0) is 37.8. The van der Waals surface area contributed by atoms with Gasteiger partial charge in [-0.1, -0.05) is 55.3 Å². The Bertz CT molecular complexity index is 1850. The molecule has 1 aliphatic carbocycles. The van der Waals surface area contributed by atoms with Crippen molar-refractivity contribution in [3.8, 4) is 22.8 Å². The van der Waals surface area contributed by atoms with Gasteiger partial charge in [-0.05, 0) is 65.5 Å². The van der Waals surface area contributed by atoms with E-state index in [9.17, 15) is 19.2 Å². The van der Waals surface area contributed by atoms with Crippen molar-refractivity contribution >= 4 is 34.7 Å². The highest BCUT2D eigenvalue weighted by Gasteiger charge is 2.62. The number of rotatable bonds is 8. The zero-order valence-corrected chi connectivity index (χ0v) is 31.4. The topological polar surface area (TPSA) is 133 Å². The van der Waals surface area contributed by atoms with Crippen molar-refractivity contribution in [2.24, 2.45) is 11.8 Å². The summed E-state index contributed by atoms with van der Waals surface area (Å²) in [6.07, 6.45) is 7.77. The number of ether oxygens (including phenoxy) is 4. The van der Waals surface area contributed by atoms with Gasteiger partial charge in [-0.25, -0.2) is 9.78 Å². The van der Waals surface area contributed by atoms with Gasteiger partial charge in [-0.2, -0.15) is 0 Å². The number of carbonyl (C=O) groups is 4. The Labute approximate surface area is 311 Å². The Morgan fingerprint density at radius 2 is 1.83 bits per heavy atom. The van der Waals surface area contributed by atoms with Gasteiger partial charge in [0, 0.05) is 41.3 Å². The molecule has 282 valence electrons. The first-order chi connectivity index (χ1) is 25.4. The van der Waals surface area contributed by atoms with Gasteiger partial charge < -0.3 is 29.2 Å². The molecule has 11 heteroatoms. The summed E-state index contributed by atoms with van der Waals surface area (Å²) in [6.45, 7) is 7.42. The lowest BCUT2D eigenvalue weighted by Crippen LogP contribution is -2.54. The second kappa shape index (κ2) is 16.0. The molecule has 2 aliphatic heterocycles. The Kier molecular flexibility index (Phi) is 11.4. The van der Waals surface area contributed by atoms with Crippen molar-refractivity contribution in [2.75, 3.05) is 20.3 Å². The number of fused-ring (bicyclic) bond motifs is 3. The number of esters is 2. The van der Waals surface area contributed by atoms with Gasteiger partial charge in [-0.15, -0.1) is 0 Å². The first-order valence-electron chi connectivity index (χ1n) is 18.8. The molecule has 3 heterocycles. The molecule has 0 radical (unpaired) electrons. The molecule has 5 atom stereocenters. The fourth-order valence-electron chi connectivity index (χ4n) is 7.45. The van der Waals surface area contributed by atoms with E-state index in [0.29, 0.717) is 35.6 Å². The number of hydrogen-bond acceptors (Lipinski definition) is 9. The summed E-state index contributed by atoms with van der Waals surface area (Å²) in [4.78, 5) is 61.9. The standard InChI is InChI=1S/C42H51N3O8/c1-6-51-40(49)42-25-29(42)18-14-9-7-8-11-17-28(21-37(46)53-41(2,3)4)39(48)45-26-31(23-35(45)38(47)44-42)52-36-24-33(27-15-12-10-13-16-27)43-34-22-30(50-5)19-20-32(34)36/h10,12-16,18-20,22,24,28-29,31,35H,6-9,11,17,21,23,25-26H2,1-5H3,(H,44,47)/b18-14-/t28-,29?,31-,35+,42+/m1/s1. The molecule has 2 amide bonds. The van der Waals surface area contributed by atoms with Crippen LogP contribution in [0.15, 0.2) is 66.7 Å². The van der Waals surface area contributed by atoms with E-state index in [2.05, 4.69) is 11.4 Å². The van der Waals surface area contributed by atoms with Gasteiger partial charge >= 0.3 is 11.9 Å². The maximum Gasteiger partial charge on any atom is 0.332 e. The maximum atomic E-state index is 14.6. The SMILES string of the molecule is CCOC(=O)[C@]12CC1/C=C\CCCCC[C@H](CC(=O)OC(C)(C)C)C(=O)N1C[C@H](Oc3cc(-c4ccccc4)nc4cc(OC)ccc34)C[C@H]1C(=O)N2. The number of hydrogen-bond donors (Lipinski definition) is 1. The summed E-state index contributed by atoms with van der Waals surface area (Å²) in [5.74, 6) is -1.39. The number of allylic oxidation sites excluding steroid dienone is 1. The van der Waals surface area contributed by atoms with E-state index in [-0.39, 0.29) is 37.8 Å². The molecule has 0 bridgehead atoms. The van der Waals surface area contributed by atoms with Gasteiger partial charge in [0.25, 0.3) is 0 Å². The summed E-state index contributed by atoms with van der Waals surface area (Å²) in [6, 6.07) is 16.3. The van der Waals surface area contributed by atoms with Crippen molar-refractivity contribution in [1.29, 1.82) is 0 Å². The van der Waals surface area contributed by atoms with Crippen LogP contribution in [0.2, 0.25) is 0 Å². The molecule has 11 nitrogen and oxygen atoms in total. The number of amides is 2. The van der Waals surface area contributed by atoms with Gasteiger partial charge in [0.1, 0.15) is 34.8 Å². The van der Waals surface area contributed by atoms with Crippen LogP contribution in [0.25, 0.3) is 22.2 Å². The summed E-state index contributed by atoms with van der Waals surface area (Å²) in [7, 11) is 1.60. The fraction of sp³-hybridized carbons (Fsp3) is 0.500. The molecule has 1 N–H and O–H groups in total. The van der Waals surface area contributed by atoms with Crippen LogP contribution in [0.1, 0.15) is 79.1 Å². The largest absolute Gasteiger partial charge is 0.497 e. The van der Waals surface area contributed by atoms with Crippen molar-refractivity contribution in [1.82, 2.24) is 15.2 Å². The highest BCUT2D eigenvalue weighted by Crippen LogP contribution is 2.46. The smallest absolute Gasteiger partial charge is 0.332 e. The number of aromatic nitrogens is 1. The zero-order valence-electron chi connectivity index (χ0n) is 31.4. The molecule has 53 heavy (non-hydrogen) atoms. The third kappa shape index (κ3) is 8.83. The highest BCUT2D eigenvalue weighted by atomic mass is 16.6. The van der Waals surface area contributed by atoms with Crippen LogP contribution in [-0.2, 0) is 28.7 Å². The molecule has 1 saturated carbocycles. The molecule has 3 aliphatic rings. The van der Waals surface area contributed by atoms with Crippen LogP contribution in [0.5, 0.6) is 11.5 Å². The number of methoxy groups -OCH3 is 1. The van der Waals surface area contributed by atoms with E-state index in [1.165, 1.54) is 0 Å². The van der Waals surface area contributed by atoms with Crippen LogP contribution in [0, 0.1) is 11.8 Å². The quantitative estimate of drug-likeness (QED) is 0.202. The van der Waals surface area contributed by atoms with E-state index in [1.807, 2.05) is 60.7 Å². The Morgan fingerprint density at radius 1 is 1.04 bits per heavy atom. The average molecular weight is 726 g/mol. The van der Waals surface area contributed by atoms with Crippen molar-refractivity contribution in [2.45, 2.75) is 102 Å². The van der Waals surface area contributed by atoms with E-state index in [0.717, 1.165) is 36.6 Å². The third-order valence-corrected chi connectivity index (χ3v) is 10.2. The average Bonchev–Trinajstić information content (AvgIpc) is 3.66. The third-order valence-electron chi connectivity index (χ3n) is 10.2. The number of benzene rings is 2. The molecule has 2 aromatic carbocycles. The van der Waals surface area contributed by atoms with Gasteiger partial charge in [0.15, 0.2) is 0 Å². The molecular formula is C42H51N3O8. The van der Waals surface area contributed by atoms with Crippen molar-refractivity contribution in [3.63, 3.8) is 0 Å². The summed E-state index contributed by atoms with van der Waals surface area (Å²) in [5.41, 5.74) is 0.365. The van der Waals surface area contributed by atoms with Crippen LogP contribution in [-0.4, -0.2) is 77.2 Å². The minimum atomic E-state index is -1.20. The molecule has 6 rings (SSSR count). The van der Waals surface area contributed by atoms with Crippen molar-refractivity contribution in [3.05, 3.63) is 66.7 Å². The number of nitrogens with zero attached hydrogens (tertiary/aromatic N) is 2. The Hall–Kier alpha value is -4.93. The molecular weight excluding hydrogens is 674 g/mol. The summed E-state index contributed by atoms with van der Waals surface area (Å²) < 4.78 is 23.3. The molecule has 1 aromatic heterocycles. The second-order valence-electron chi connectivity index (χ2n) is 15.3. The fourth-order valence-corrected chi connectivity index (χ4v) is 7.45. The van der Waals surface area contributed by atoms with E-state index in [4.69, 9.17) is 23.9 Å². The molecule has 2 fully saturated rings. The molecule has 1 saturated heterocycles. The molecule has 1 unspecified atom stereocenters. The lowest BCUT2D eigenvalue weighted by Gasteiger charge is -2.29. The lowest BCUT2D eigenvalue weighted by atomic mass is 9.95. The minimum absolute atomic E-state index is 0.0987. The van der Waals surface area contributed by atoms with E-state index < -0.39 is 47.0 Å². The number of carbonyl (C=O) groups excluding carboxylic acids is 4. The van der Waals surface area contributed by atoms with Crippen LogP contribution in [0.3, 0.4) is 0 Å². The van der Waals surface area contributed by atoms with E-state index in [1.54, 1.807) is 39.7 Å². The lowest BCUT2D eigenvalue weighted by molar-refractivity contribution is -0.159. The molecule has 0 spiro atoms. The predicted octanol–water partition coefficient (Wildman–Crippen LogP) is 6.57. The summed E-state index contributed by atoms with van der Waals surface area (Å²) in [5, 5.41) is 3.78. The summed E-state index contributed by atoms with van der Waals surface area (Å²) >= 11 is 0. The Balaban J connectivity index is 1.35. The van der Waals surface area contributed by atoms with Crippen LogP contribution < -0.4 is 14.8 Å². The highest BCUT2D eigenvalue weighted by molar-refractivity contribution is 5.96. The van der Waals surface area contributed by atoms with E-state index >= 15 is 0 Å². The monoisotopic (exact) mass is 725 g/mol. The first kappa shape index (κ1) is 37.8. The van der Waals surface area contributed by atoms with Gasteiger partial charge in [0.2, 0.25) is 11.8 Å². The van der Waals surface area contributed by atoms with Gasteiger partial charge in [0.05, 0.1) is 37.9 Å². The normalized spacial score (nSPS) is 25.6. The van der Waals surface area contributed by atoms with Crippen molar-refractivity contribution < 1.29 is 38.1 Å². The Morgan fingerprint density at radius 3 is 2.57 bits per heavy atom. The second-order valence-corrected chi connectivity index (χ2v) is 15.3. The number of nitrogens with one attached hydrogen (secondary N) is 1. The first-order valence-corrected chi connectivity index (χ1v) is 18.8. The predicted molar refractivity (Wildman–Crippen MR) is 200 cm³/mol. The number of pyridine rings is 1.